The van der Waals surface area contributed by atoms with Gasteiger partial charge >= 0.3 is 6.03 Å². The van der Waals surface area contributed by atoms with Gasteiger partial charge in [-0.3, -0.25) is 10.1 Å². The first-order chi connectivity index (χ1) is 12.1. The van der Waals surface area contributed by atoms with Gasteiger partial charge in [-0.15, -0.1) is 0 Å². The maximum Gasteiger partial charge on any atom is 0.326 e. The molecule has 0 radical (unpaired) electrons. The van der Waals surface area contributed by atoms with Gasteiger partial charge < -0.3 is 10.2 Å². The molecule has 0 spiro atoms. The highest BCUT2D eigenvalue weighted by Crippen LogP contribution is 2.16. The summed E-state index contributed by atoms with van der Waals surface area (Å²) in [5.74, 6) is -0.630. The van der Waals surface area contributed by atoms with Gasteiger partial charge in [-0.05, 0) is 18.2 Å². The zero-order valence-corrected chi connectivity index (χ0v) is 13.8. The van der Waals surface area contributed by atoms with Crippen LogP contribution in [0.2, 0.25) is 0 Å². The summed E-state index contributed by atoms with van der Waals surface area (Å²) in [6.45, 7) is 0.576. The maximum absolute atomic E-state index is 13.8. The average molecular weight is 342 g/mol. The number of hydrogen-bond donors (Lipinski definition) is 3. The van der Waals surface area contributed by atoms with Crippen LogP contribution in [0.1, 0.15) is 18.4 Å². The first-order valence-electron chi connectivity index (χ1n) is 8.35. The van der Waals surface area contributed by atoms with Crippen LogP contribution in [-0.4, -0.2) is 24.5 Å². The molecule has 2 aromatic carbocycles. The first-order valence-corrected chi connectivity index (χ1v) is 8.35. The molecule has 6 heteroatoms. The van der Waals surface area contributed by atoms with Crippen LogP contribution in [0.25, 0.3) is 0 Å². The van der Waals surface area contributed by atoms with Crippen molar-refractivity contribution in [3.05, 3.63) is 66.0 Å². The number of hydrogen-bond acceptors (Lipinski definition) is 2. The van der Waals surface area contributed by atoms with Gasteiger partial charge in [0.25, 0.3) is 5.91 Å². The number of anilines is 1. The van der Waals surface area contributed by atoms with Gasteiger partial charge in [-0.25, -0.2) is 9.18 Å². The fourth-order valence-corrected chi connectivity index (χ4v) is 2.79. The van der Waals surface area contributed by atoms with Crippen LogP contribution in [0.4, 0.5) is 14.9 Å². The lowest BCUT2D eigenvalue weighted by molar-refractivity contribution is -0.917. The molecule has 3 rings (SSSR count). The van der Waals surface area contributed by atoms with Crippen molar-refractivity contribution in [3.63, 3.8) is 0 Å². The Morgan fingerprint density at radius 1 is 1.04 bits per heavy atom. The van der Waals surface area contributed by atoms with E-state index in [2.05, 4.69) is 10.6 Å². The standard InChI is InChI=1S/C19H20FN3O2/c20-17-9-5-4-6-14(17)12-23(16-10-11-16)13-18(24)22-19(25)21-15-7-2-1-3-8-15/h1-9,16H,10-13H2,(H2,21,22,24,25)/p+1. The minimum absolute atomic E-state index is 0.140. The fourth-order valence-electron chi connectivity index (χ4n) is 2.79. The van der Waals surface area contributed by atoms with E-state index in [1.807, 2.05) is 6.07 Å². The van der Waals surface area contributed by atoms with Crippen molar-refractivity contribution >= 4 is 17.6 Å². The molecule has 1 aliphatic carbocycles. The summed E-state index contributed by atoms with van der Waals surface area (Å²) in [6, 6.07) is 15.3. The molecule has 1 fully saturated rings. The highest BCUT2D eigenvalue weighted by Gasteiger charge is 2.35. The number of para-hydroxylation sites is 1. The number of carbonyl (C=O) groups is 2. The van der Waals surface area contributed by atoms with E-state index in [4.69, 9.17) is 0 Å². The van der Waals surface area contributed by atoms with E-state index in [1.54, 1.807) is 42.5 Å². The molecule has 2 aromatic rings. The quantitative estimate of drug-likeness (QED) is 0.749. The molecule has 3 N–H and O–H groups in total. The van der Waals surface area contributed by atoms with Crippen molar-refractivity contribution in [2.75, 3.05) is 11.9 Å². The average Bonchev–Trinajstić information content (AvgIpc) is 3.42. The lowest BCUT2D eigenvalue weighted by atomic mass is 10.2. The molecular formula is C19H21FN3O2+. The molecule has 1 unspecified atom stereocenters. The third kappa shape index (κ3) is 5.12. The van der Waals surface area contributed by atoms with Crippen molar-refractivity contribution in [2.24, 2.45) is 0 Å². The molecule has 0 aliphatic heterocycles. The number of rotatable bonds is 6. The van der Waals surface area contributed by atoms with Gasteiger partial charge in [0.2, 0.25) is 0 Å². The van der Waals surface area contributed by atoms with Gasteiger partial charge in [0.1, 0.15) is 12.4 Å². The SMILES string of the molecule is O=C(C[NH+](Cc1ccccc1F)C1CC1)NC(=O)Nc1ccccc1. The Bertz CT molecular complexity index is 747. The Hall–Kier alpha value is -2.73. The summed E-state index contributed by atoms with van der Waals surface area (Å²) >= 11 is 0. The normalized spacial score (nSPS) is 14.6. The lowest BCUT2D eigenvalue weighted by Gasteiger charge is -2.19. The molecule has 0 saturated heterocycles. The third-order valence-electron chi connectivity index (χ3n) is 4.20. The molecule has 25 heavy (non-hydrogen) atoms. The van der Waals surface area contributed by atoms with Crippen LogP contribution in [-0.2, 0) is 11.3 Å². The fraction of sp³-hybridized carbons (Fsp3) is 0.263. The Morgan fingerprint density at radius 3 is 2.40 bits per heavy atom. The summed E-state index contributed by atoms with van der Waals surface area (Å²) in [5, 5.41) is 4.95. The number of carbonyl (C=O) groups excluding carboxylic acids is 2. The second-order valence-electron chi connectivity index (χ2n) is 6.25. The zero-order valence-electron chi connectivity index (χ0n) is 13.8. The number of imide groups is 1. The second kappa shape index (κ2) is 7.90. The predicted octanol–water partition coefficient (Wildman–Crippen LogP) is 1.72. The van der Waals surface area contributed by atoms with Crippen LogP contribution in [0.5, 0.6) is 0 Å². The van der Waals surface area contributed by atoms with Crippen molar-refractivity contribution in [3.8, 4) is 0 Å². The van der Waals surface area contributed by atoms with Crippen LogP contribution in [0.15, 0.2) is 54.6 Å². The van der Waals surface area contributed by atoms with Gasteiger partial charge in [0.15, 0.2) is 6.54 Å². The number of quaternary nitrogens is 1. The van der Waals surface area contributed by atoms with Gasteiger partial charge in [-0.2, -0.15) is 0 Å². The molecular weight excluding hydrogens is 321 g/mol. The largest absolute Gasteiger partial charge is 0.326 e. The van der Waals surface area contributed by atoms with E-state index in [9.17, 15) is 14.0 Å². The number of amides is 3. The molecule has 1 aliphatic rings. The zero-order chi connectivity index (χ0) is 17.6. The Balaban J connectivity index is 1.54. The minimum atomic E-state index is -0.558. The van der Waals surface area contributed by atoms with Crippen LogP contribution in [0.3, 0.4) is 0 Å². The van der Waals surface area contributed by atoms with Crippen molar-refractivity contribution in [1.82, 2.24) is 5.32 Å². The van der Waals surface area contributed by atoms with E-state index >= 15 is 0 Å². The molecule has 1 atom stereocenters. The number of halogens is 1. The Morgan fingerprint density at radius 2 is 1.72 bits per heavy atom. The lowest BCUT2D eigenvalue weighted by Crippen LogP contribution is -3.13. The highest BCUT2D eigenvalue weighted by atomic mass is 19.1. The smallest absolute Gasteiger partial charge is 0.321 e. The summed E-state index contributed by atoms with van der Waals surface area (Å²) in [5.41, 5.74) is 1.21. The molecule has 5 nitrogen and oxygen atoms in total. The minimum Gasteiger partial charge on any atom is -0.321 e. The third-order valence-corrected chi connectivity index (χ3v) is 4.20. The van der Waals surface area contributed by atoms with Crippen LogP contribution in [0, 0.1) is 5.82 Å². The Labute approximate surface area is 145 Å². The molecule has 0 aromatic heterocycles. The van der Waals surface area contributed by atoms with Gasteiger partial charge in [-0.1, -0.05) is 36.4 Å². The number of benzene rings is 2. The summed E-state index contributed by atoms with van der Waals surface area (Å²) in [6.07, 6.45) is 2.04. The van der Waals surface area contributed by atoms with Crippen molar-refractivity contribution in [2.45, 2.75) is 25.4 Å². The van der Waals surface area contributed by atoms with Crippen LogP contribution < -0.4 is 15.5 Å². The number of nitrogens with one attached hydrogen (secondary N) is 3. The van der Waals surface area contributed by atoms with Gasteiger partial charge in [0, 0.05) is 24.1 Å². The van der Waals surface area contributed by atoms with E-state index in [-0.39, 0.29) is 18.3 Å². The topological polar surface area (TPSA) is 62.6 Å². The summed E-state index contributed by atoms with van der Waals surface area (Å²) in [4.78, 5) is 25.0. The highest BCUT2D eigenvalue weighted by molar-refractivity contribution is 6.01. The Kier molecular flexibility index (Phi) is 5.40. The summed E-state index contributed by atoms with van der Waals surface area (Å²) in [7, 11) is 0. The molecule has 1 saturated carbocycles. The van der Waals surface area contributed by atoms with E-state index in [0.717, 1.165) is 17.7 Å². The van der Waals surface area contributed by atoms with Gasteiger partial charge in [0.05, 0.1) is 6.04 Å². The van der Waals surface area contributed by atoms with Crippen LogP contribution >= 0.6 is 0 Å². The molecule has 0 bridgehead atoms. The van der Waals surface area contributed by atoms with E-state index < -0.39 is 6.03 Å². The first kappa shape index (κ1) is 17.1. The predicted molar refractivity (Wildman–Crippen MR) is 92.6 cm³/mol. The second-order valence-corrected chi connectivity index (χ2v) is 6.25. The maximum atomic E-state index is 13.8. The van der Waals surface area contributed by atoms with Crippen molar-refractivity contribution in [1.29, 1.82) is 0 Å². The van der Waals surface area contributed by atoms with Crippen molar-refractivity contribution < 1.29 is 18.9 Å². The number of urea groups is 1. The van der Waals surface area contributed by atoms with E-state index in [0.29, 0.717) is 23.8 Å². The molecule has 130 valence electrons. The summed E-state index contributed by atoms with van der Waals surface area (Å²) < 4.78 is 13.8. The van der Waals surface area contributed by atoms with E-state index in [1.165, 1.54) is 6.07 Å². The molecule has 0 heterocycles. The molecule has 3 amide bonds. The monoisotopic (exact) mass is 342 g/mol.